The first-order valence-corrected chi connectivity index (χ1v) is 4.20. The van der Waals surface area contributed by atoms with Crippen LogP contribution in [0.5, 0.6) is 5.88 Å². The molecule has 3 nitrogen and oxygen atoms in total. The van der Waals surface area contributed by atoms with Gasteiger partial charge in [0.1, 0.15) is 6.33 Å². The fraction of sp³-hybridized carbons (Fsp3) is 0.556. The highest BCUT2D eigenvalue weighted by molar-refractivity contribution is 5.13. The molecule has 0 aromatic carbocycles. The molecule has 0 aliphatic rings. The van der Waals surface area contributed by atoms with Gasteiger partial charge in [-0.1, -0.05) is 6.92 Å². The number of hydrogen-bond donors (Lipinski definition) is 0. The standard InChI is InChI=1S/C9H14N2O/c1-4-8-5-9(11-6-10-8)12-7(2)3/h5-7H,4H2,1-3H3. The molecule has 0 saturated heterocycles. The molecule has 0 fully saturated rings. The van der Waals surface area contributed by atoms with Crippen molar-refractivity contribution in [2.24, 2.45) is 0 Å². The summed E-state index contributed by atoms with van der Waals surface area (Å²) in [4.78, 5) is 8.07. The first-order valence-electron chi connectivity index (χ1n) is 4.20. The van der Waals surface area contributed by atoms with Gasteiger partial charge in [-0.05, 0) is 20.3 Å². The molecule has 0 aliphatic carbocycles. The van der Waals surface area contributed by atoms with Crippen LogP contribution in [0.15, 0.2) is 12.4 Å². The second-order valence-electron chi connectivity index (χ2n) is 2.87. The van der Waals surface area contributed by atoms with Crippen LogP contribution >= 0.6 is 0 Å². The highest BCUT2D eigenvalue weighted by Crippen LogP contribution is 2.08. The maximum absolute atomic E-state index is 5.41. The molecular weight excluding hydrogens is 152 g/mol. The van der Waals surface area contributed by atoms with Crippen LogP contribution in [-0.2, 0) is 6.42 Å². The van der Waals surface area contributed by atoms with Crippen LogP contribution in [0.4, 0.5) is 0 Å². The molecule has 0 bridgehead atoms. The molecule has 0 amide bonds. The molecule has 12 heavy (non-hydrogen) atoms. The largest absolute Gasteiger partial charge is 0.475 e. The Labute approximate surface area is 72.8 Å². The smallest absolute Gasteiger partial charge is 0.216 e. The molecule has 0 saturated carbocycles. The van der Waals surface area contributed by atoms with E-state index in [1.807, 2.05) is 19.9 Å². The molecule has 0 radical (unpaired) electrons. The summed E-state index contributed by atoms with van der Waals surface area (Å²) in [5.41, 5.74) is 1.01. The summed E-state index contributed by atoms with van der Waals surface area (Å²) in [6.45, 7) is 6.02. The minimum atomic E-state index is 0.171. The van der Waals surface area contributed by atoms with Crippen LogP contribution in [0.3, 0.4) is 0 Å². The summed E-state index contributed by atoms with van der Waals surface area (Å²) in [5, 5.41) is 0. The van der Waals surface area contributed by atoms with E-state index in [1.54, 1.807) is 0 Å². The van der Waals surface area contributed by atoms with Gasteiger partial charge in [-0.15, -0.1) is 0 Å². The Morgan fingerprint density at radius 1 is 1.42 bits per heavy atom. The summed E-state index contributed by atoms with van der Waals surface area (Å²) in [6.07, 6.45) is 2.62. The zero-order chi connectivity index (χ0) is 8.97. The minimum Gasteiger partial charge on any atom is -0.475 e. The first kappa shape index (κ1) is 8.97. The molecule has 1 aromatic heterocycles. The lowest BCUT2D eigenvalue weighted by Crippen LogP contribution is -2.07. The SMILES string of the molecule is CCc1cc(OC(C)C)ncn1. The summed E-state index contributed by atoms with van der Waals surface area (Å²) in [5.74, 6) is 0.664. The number of hydrogen-bond acceptors (Lipinski definition) is 3. The fourth-order valence-corrected chi connectivity index (χ4v) is 0.876. The maximum atomic E-state index is 5.41. The molecule has 3 heteroatoms. The van der Waals surface area contributed by atoms with E-state index in [0.717, 1.165) is 12.1 Å². The van der Waals surface area contributed by atoms with Crippen molar-refractivity contribution in [1.29, 1.82) is 0 Å². The molecule has 1 aromatic rings. The van der Waals surface area contributed by atoms with Crippen molar-refractivity contribution in [3.05, 3.63) is 18.1 Å². The summed E-state index contributed by atoms with van der Waals surface area (Å²) >= 11 is 0. The Hall–Kier alpha value is -1.12. The van der Waals surface area contributed by atoms with Gasteiger partial charge < -0.3 is 4.74 Å². The molecule has 1 heterocycles. The molecule has 66 valence electrons. The van der Waals surface area contributed by atoms with E-state index >= 15 is 0 Å². The number of rotatable bonds is 3. The predicted molar refractivity (Wildman–Crippen MR) is 47.2 cm³/mol. The van der Waals surface area contributed by atoms with Crippen molar-refractivity contribution >= 4 is 0 Å². The summed E-state index contributed by atoms with van der Waals surface area (Å²) in [6, 6.07) is 1.88. The van der Waals surface area contributed by atoms with Crippen LogP contribution in [0.25, 0.3) is 0 Å². The summed E-state index contributed by atoms with van der Waals surface area (Å²) in [7, 11) is 0. The Morgan fingerprint density at radius 2 is 2.17 bits per heavy atom. The number of aromatic nitrogens is 2. The number of nitrogens with zero attached hydrogens (tertiary/aromatic N) is 2. The van der Waals surface area contributed by atoms with Crippen molar-refractivity contribution in [3.8, 4) is 5.88 Å². The quantitative estimate of drug-likeness (QED) is 0.687. The molecule has 0 unspecified atom stereocenters. The monoisotopic (exact) mass is 166 g/mol. The van der Waals surface area contributed by atoms with Crippen molar-refractivity contribution in [2.45, 2.75) is 33.3 Å². The van der Waals surface area contributed by atoms with E-state index in [1.165, 1.54) is 6.33 Å². The van der Waals surface area contributed by atoms with Gasteiger partial charge in [0.25, 0.3) is 0 Å². The Kier molecular flexibility index (Phi) is 3.02. The maximum Gasteiger partial charge on any atom is 0.216 e. The van der Waals surface area contributed by atoms with Crippen LogP contribution < -0.4 is 4.74 Å². The Morgan fingerprint density at radius 3 is 2.75 bits per heavy atom. The number of ether oxygens (including phenoxy) is 1. The van der Waals surface area contributed by atoms with E-state index < -0.39 is 0 Å². The van der Waals surface area contributed by atoms with Crippen molar-refractivity contribution in [1.82, 2.24) is 9.97 Å². The van der Waals surface area contributed by atoms with Gasteiger partial charge in [-0.2, -0.15) is 0 Å². The zero-order valence-electron chi connectivity index (χ0n) is 7.74. The highest BCUT2D eigenvalue weighted by Gasteiger charge is 1.99. The molecule has 1 rings (SSSR count). The third-order valence-electron chi connectivity index (χ3n) is 1.42. The van der Waals surface area contributed by atoms with E-state index in [9.17, 15) is 0 Å². The third kappa shape index (κ3) is 2.49. The van der Waals surface area contributed by atoms with Crippen molar-refractivity contribution in [2.75, 3.05) is 0 Å². The summed E-state index contributed by atoms with van der Waals surface area (Å²) < 4.78 is 5.41. The Bertz CT molecular complexity index is 248. The molecular formula is C9H14N2O. The lowest BCUT2D eigenvalue weighted by Gasteiger charge is -2.08. The normalized spacial score (nSPS) is 10.3. The highest BCUT2D eigenvalue weighted by atomic mass is 16.5. The van der Waals surface area contributed by atoms with Crippen LogP contribution in [0.2, 0.25) is 0 Å². The van der Waals surface area contributed by atoms with Gasteiger partial charge in [-0.25, -0.2) is 9.97 Å². The predicted octanol–water partition coefficient (Wildman–Crippen LogP) is 1.83. The lowest BCUT2D eigenvalue weighted by atomic mass is 10.3. The van der Waals surface area contributed by atoms with Gasteiger partial charge in [0.15, 0.2) is 0 Å². The van der Waals surface area contributed by atoms with E-state index in [-0.39, 0.29) is 6.10 Å². The minimum absolute atomic E-state index is 0.171. The average Bonchev–Trinajstić information content (AvgIpc) is 2.03. The van der Waals surface area contributed by atoms with Gasteiger partial charge in [0.05, 0.1) is 6.10 Å². The molecule has 0 spiro atoms. The second kappa shape index (κ2) is 4.04. The second-order valence-corrected chi connectivity index (χ2v) is 2.87. The third-order valence-corrected chi connectivity index (χ3v) is 1.42. The zero-order valence-corrected chi connectivity index (χ0v) is 7.74. The lowest BCUT2D eigenvalue weighted by molar-refractivity contribution is 0.232. The van der Waals surface area contributed by atoms with Crippen LogP contribution in [-0.4, -0.2) is 16.1 Å². The van der Waals surface area contributed by atoms with Crippen molar-refractivity contribution in [3.63, 3.8) is 0 Å². The fourth-order valence-electron chi connectivity index (χ4n) is 0.876. The van der Waals surface area contributed by atoms with Gasteiger partial charge in [0, 0.05) is 11.8 Å². The topological polar surface area (TPSA) is 35.0 Å². The van der Waals surface area contributed by atoms with Crippen LogP contribution in [0.1, 0.15) is 26.5 Å². The van der Waals surface area contributed by atoms with E-state index in [2.05, 4.69) is 16.9 Å². The molecule has 0 atom stereocenters. The molecule has 0 N–H and O–H groups in total. The van der Waals surface area contributed by atoms with Crippen LogP contribution in [0, 0.1) is 0 Å². The van der Waals surface area contributed by atoms with Crippen molar-refractivity contribution < 1.29 is 4.74 Å². The van der Waals surface area contributed by atoms with E-state index in [4.69, 9.17) is 4.74 Å². The van der Waals surface area contributed by atoms with Gasteiger partial charge in [-0.3, -0.25) is 0 Å². The first-order chi connectivity index (χ1) is 5.72. The Balaban J connectivity index is 2.72. The van der Waals surface area contributed by atoms with Gasteiger partial charge >= 0.3 is 0 Å². The number of aryl methyl sites for hydroxylation is 1. The molecule has 0 aliphatic heterocycles. The van der Waals surface area contributed by atoms with Gasteiger partial charge in [0.2, 0.25) is 5.88 Å². The average molecular weight is 166 g/mol. The van der Waals surface area contributed by atoms with E-state index in [0.29, 0.717) is 5.88 Å².